The average Bonchev–Trinajstić information content (AvgIpc) is 2.66. The predicted molar refractivity (Wildman–Crippen MR) is 97.9 cm³/mol. The predicted octanol–water partition coefficient (Wildman–Crippen LogP) is 2.05. The van der Waals surface area contributed by atoms with Crippen molar-refractivity contribution in [3.05, 3.63) is 59.2 Å². The summed E-state index contributed by atoms with van der Waals surface area (Å²) in [6.07, 6.45) is -0.0431. The van der Waals surface area contributed by atoms with Crippen molar-refractivity contribution in [1.29, 1.82) is 0 Å². The third-order valence-corrected chi connectivity index (χ3v) is 3.74. The molecule has 2 aromatic carbocycles. The van der Waals surface area contributed by atoms with Crippen LogP contribution in [0.3, 0.4) is 0 Å². The third kappa shape index (κ3) is 5.57. The van der Waals surface area contributed by atoms with E-state index in [0.29, 0.717) is 17.1 Å². The van der Waals surface area contributed by atoms with Crippen LogP contribution in [0.15, 0.2) is 42.5 Å². The molecule has 0 fully saturated rings. The lowest BCUT2D eigenvalue weighted by atomic mass is 10.1. The van der Waals surface area contributed by atoms with Crippen molar-refractivity contribution < 1.29 is 28.6 Å². The molecule has 142 valence electrons. The molecule has 0 atom stereocenters. The Balaban J connectivity index is 1.89. The van der Waals surface area contributed by atoms with Gasteiger partial charge in [0.05, 0.1) is 26.2 Å². The monoisotopic (exact) mass is 371 g/mol. The van der Waals surface area contributed by atoms with E-state index in [1.165, 1.54) is 20.3 Å². The van der Waals surface area contributed by atoms with Gasteiger partial charge in [-0.3, -0.25) is 19.7 Å². The van der Waals surface area contributed by atoms with Crippen LogP contribution in [0.5, 0.6) is 11.5 Å². The number of carbonyl (C=O) groups is 3. The minimum absolute atomic E-state index is 0.0431. The maximum absolute atomic E-state index is 12.1. The standard InChI is InChI=1S/C20H21NO6/c1-13-8-9-16(25-2)14(10-13)11-19(23)27-12-18(22)21-20(24)15-6-4-5-7-17(15)26-3/h4-10H,11-12H2,1-3H3,(H,21,22,24). The van der Waals surface area contributed by atoms with E-state index < -0.39 is 24.4 Å². The lowest BCUT2D eigenvalue weighted by molar-refractivity contribution is -0.147. The summed E-state index contributed by atoms with van der Waals surface area (Å²) < 4.78 is 15.2. The zero-order valence-electron chi connectivity index (χ0n) is 15.4. The molecule has 2 aromatic rings. The van der Waals surface area contributed by atoms with Crippen molar-refractivity contribution in [2.75, 3.05) is 20.8 Å². The van der Waals surface area contributed by atoms with E-state index in [2.05, 4.69) is 5.32 Å². The van der Waals surface area contributed by atoms with Gasteiger partial charge < -0.3 is 14.2 Å². The second-order valence-electron chi connectivity index (χ2n) is 5.73. The Hall–Kier alpha value is -3.35. The molecule has 0 aliphatic heterocycles. The van der Waals surface area contributed by atoms with Crippen molar-refractivity contribution in [3.63, 3.8) is 0 Å². The molecule has 0 bridgehead atoms. The van der Waals surface area contributed by atoms with E-state index in [4.69, 9.17) is 14.2 Å². The summed E-state index contributed by atoms with van der Waals surface area (Å²) >= 11 is 0. The number of amides is 2. The summed E-state index contributed by atoms with van der Waals surface area (Å²) in [5.41, 5.74) is 1.84. The topological polar surface area (TPSA) is 90.9 Å². The number of imide groups is 1. The SMILES string of the molecule is COc1ccc(C)cc1CC(=O)OCC(=O)NC(=O)c1ccccc1OC. The Kier molecular flexibility index (Phi) is 6.93. The van der Waals surface area contributed by atoms with Gasteiger partial charge in [-0.15, -0.1) is 0 Å². The molecule has 1 N–H and O–H groups in total. The van der Waals surface area contributed by atoms with Crippen molar-refractivity contribution >= 4 is 17.8 Å². The van der Waals surface area contributed by atoms with Crippen molar-refractivity contribution in [2.24, 2.45) is 0 Å². The summed E-state index contributed by atoms with van der Waals surface area (Å²) in [6, 6.07) is 11.9. The van der Waals surface area contributed by atoms with Crippen molar-refractivity contribution in [2.45, 2.75) is 13.3 Å². The second-order valence-corrected chi connectivity index (χ2v) is 5.73. The molecule has 7 heteroatoms. The number of ether oxygens (including phenoxy) is 3. The van der Waals surface area contributed by atoms with Crippen LogP contribution in [0.4, 0.5) is 0 Å². The molecule has 0 aromatic heterocycles. The highest BCUT2D eigenvalue weighted by molar-refractivity contribution is 6.06. The summed E-state index contributed by atoms with van der Waals surface area (Å²) in [7, 11) is 2.94. The number of hydrogen-bond donors (Lipinski definition) is 1. The highest BCUT2D eigenvalue weighted by Crippen LogP contribution is 2.20. The van der Waals surface area contributed by atoms with Crippen LogP contribution in [0.1, 0.15) is 21.5 Å². The average molecular weight is 371 g/mol. The van der Waals surface area contributed by atoms with Crippen molar-refractivity contribution in [1.82, 2.24) is 5.32 Å². The molecule has 0 heterocycles. The minimum Gasteiger partial charge on any atom is -0.496 e. The van der Waals surface area contributed by atoms with Gasteiger partial charge in [0.25, 0.3) is 11.8 Å². The Morgan fingerprint density at radius 3 is 2.37 bits per heavy atom. The Labute approximate surface area is 157 Å². The van der Waals surface area contributed by atoms with Crippen LogP contribution in [0, 0.1) is 6.92 Å². The van der Waals surface area contributed by atoms with E-state index in [1.54, 1.807) is 24.3 Å². The van der Waals surface area contributed by atoms with Crippen LogP contribution >= 0.6 is 0 Å². The first-order valence-corrected chi connectivity index (χ1v) is 8.21. The molecule has 2 amide bonds. The van der Waals surface area contributed by atoms with E-state index in [1.807, 2.05) is 19.1 Å². The van der Waals surface area contributed by atoms with Gasteiger partial charge in [0.1, 0.15) is 11.5 Å². The smallest absolute Gasteiger partial charge is 0.310 e. The van der Waals surface area contributed by atoms with E-state index in [0.717, 1.165) is 5.56 Å². The minimum atomic E-state index is -0.726. The molecule has 0 saturated carbocycles. The first-order chi connectivity index (χ1) is 12.9. The fourth-order valence-corrected chi connectivity index (χ4v) is 2.46. The normalized spacial score (nSPS) is 10.0. The number of methoxy groups -OCH3 is 2. The highest BCUT2D eigenvalue weighted by Gasteiger charge is 2.16. The number of rotatable bonds is 7. The Morgan fingerprint density at radius 1 is 0.963 bits per heavy atom. The Morgan fingerprint density at radius 2 is 1.67 bits per heavy atom. The third-order valence-electron chi connectivity index (χ3n) is 3.74. The van der Waals surface area contributed by atoms with Gasteiger partial charge in [-0.1, -0.05) is 29.8 Å². The largest absolute Gasteiger partial charge is 0.496 e. The van der Waals surface area contributed by atoms with Gasteiger partial charge in [0, 0.05) is 5.56 Å². The molecule has 2 rings (SSSR count). The molecular weight excluding hydrogens is 350 g/mol. The number of nitrogens with one attached hydrogen (secondary N) is 1. The van der Waals surface area contributed by atoms with Crippen LogP contribution in [0.2, 0.25) is 0 Å². The summed E-state index contributed by atoms with van der Waals surface area (Å²) in [4.78, 5) is 36.0. The fourth-order valence-electron chi connectivity index (χ4n) is 2.46. The van der Waals surface area contributed by atoms with Crippen LogP contribution in [-0.2, 0) is 20.7 Å². The number of benzene rings is 2. The maximum Gasteiger partial charge on any atom is 0.310 e. The van der Waals surface area contributed by atoms with Crippen LogP contribution < -0.4 is 14.8 Å². The second kappa shape index (κ2) is 9.38. The molecule has 0 radical (unpaired) electrons. The summed E-state index contributed by atoms with van der Waals surface area (Å²) in [6.45, 7) is 1.33. The summed E-state index contributed by atoms with van der Waals surface area (Å²) in [5, 5.41) is 2.16. The van der Waals surface area contributed by atoms with Gasteiger partial charge in [-0.2, -0.15) is 0 Å². The first-order valence-electron chi connectivity index (χ1n) is 8.21. The zero-order chi connectivity index (χ0) is 19.8. The van der Waals surface area contributed by atoms with E-state index in [-0.39, 0.29) is 12.0 Å². The lowest BCUT2D eigenvalue weighted by Crippen LogP contribution is -2.34. The number of aryl methyl sites for hydroxylation is 1. The molecular formula is C20H21NO6. The van der Waals surface area contributed by atoms with Gasteiger partial charge in [-0.05, 0) is 25.1 Å². The van der Waals surface area contributed by atoms with Crippen LogP contribution in [0.25, 0.3) is 0 Å². The number of esters is 1. The van der Waals surface area contributed by atoms with Crippen LogP contribution in [-0.4, -0.2) is 38.6 Å². The molecule has 27 heavy (non-hydrogen) atoms. The number of carbonyl (C=O) groups excluding carboxylic acids is 3. The van der Waals surface area contributed by atoms with E-state index >= 15 is 0 Å². The molecule has 0 aliphatic rings. The van der Waals surface area contributed by atoms with Crippen molar-refractivity contribution in [3.8, 4) is 11.5 Å². The fraction of sp³-hybridized carbons (Fsp3) is 0.250. The first kappa shape index (κ1) is 20.0. The lowest BCUT2D eigenvalue weighted by Gasteiger charge is -2.10. The summed E-state index contributed by atoms with van der Waals surface area (Å²) in [5.74, 6) is -1.05. The quantitative estimate of drug-likeness (QED) is 0.749. The highest BCUT2D eigenvalue weighted by atomic mass is 16.5. The molecule has 0 spiro atoms. The Bertz CT molecular complexity index is 846. The van der Waals surface area contributed by atoms with Gasteiger partial charge in [0.15, 0.2) is 6.61 Å². The molecule has 0 unspecified atom stereocenters. The van der Waals surface area contributed by atoms with E-state index in [9.17, 15) is 14.4 Å². The maximum atomic E-state index is 12.1. The number of para-hydroxylation sites is 1. The molecule has 0 aliphatic carbocycles. The van der Waals surface area contributed by atoms with Gasteiger partial charge in [0.2, 0.25) is 0 Å². The zero-order valence-corrected chi connectivity index (χ0v) is 15.4. The number of hydrogen-bond acceptors (Lipinski definition) is 6. The molecule has 0 saturated heterocycles. The molecule has 7 nitrogen and oxygen atoms in total. The van der Waals surface area contributed by atoms with Gasteiger partial charge in [-0.25, -0.2) is 0 Å². The van der Waals surface area contributed by atoms with Gasteiger partial charge >= 0.3 is 5.97 Å².